The fraction of sp³-hybridized carbons (Fsp3) is 0.727. The summed E-state index contributed by atoms with van der Waals surface area (Å²) in [6.45, 7) is 6.58. The molecule has 142 valence electrons. The van der Waals surface area contributed by atoms with Crippen LogP contribution in [0.2, 0.25) is 0 Å². The van der Waals surface area contributed by atoms with Crippen molar-refractivity contribution in [2.24, 2.45) is 5.41 Å². The summed E-state index contributed by atoms with van der Waals surface area (Å²) in [6.07, 6.45) is 18.6. The molecule has 0 amide bonds. The van der Waals surface area contributed by atoms with Gasteiger partial charge in [-0.15, -0.1) is 6.58 Å². The van der Waals surface area contributed by atoms with Crippen LogP contribution in [-0.2, 0) is 4.74 Å². The van der Waals surface area contributed by atoms with Crippen LogP contribution in [0, 0.1) is 5.41 Å². The molecule has 0 saturated heterocycles. The first kappa shape index (κ1) is 20.4. The van der Waals surface area contributed by atoms with Gasteiger partial charge in [-0.25, -0.2) is 8.78 Å². The Balaban J connectivity index is 2.07. The molecule has 0 N–H and O–H groups in total. The Labute approximate surface area is 152 Å². The third-order valence-corrected chi connectivity index (χ3v) is 5.94. The fourth-order valence-corrected chi connectivity index (χ4v) is 4.43. The van der Waals surface area contributed by atoms with Crippen molar-refractivity contribution in [2.45, 2.75) is 89.1 Å². The van der Waals surface area contributed by atoms with Crippen LogP contribution < -0.4 is 0 Å². The van der Waals surface area contributed by atoms with Crippen molar-refractivity contribution in [1.29, 1.82) is 0 Å². The molecule has 0 radical (unpaired) electrons. The molecule has 1 saturated carbocycles. The van der Waals surface area contributed by atoms with Gasteiger partial charge in [-0.2, -0.15) is 0 Å². The molecular formula is C22H34F2O. The number of halogens is 2. The smallest absolute Gasteiger partial charge is 0.281 e. The minimum absolute atomic E-state index is 0.565. The van der Waals surface area contributed by atoms with Crippen LogP contribution in [0.15, 0.2) is 37.0 Å². The topological polar surface area (TPSA) is 9.23 Å². The molecule has 1 nitrogen and oxygen atoms in total. The lowest BCUT2D eigenvalue weighted by Crippen LogP contribution is -2.58. The van der Waals surface area contributed by atoms with Crippen LogP contribution in [0.3, 0.4) is 0 Å². The van der Waals surface area contributed by atoms with E-state index in [9.17, 15) is 8.78 Å². The molecule has 0 spiro atoms. The Bertz CT molecular complexity index is 474. The SMILES string of the molecule is C=CC1(C2(OCCCCCCCC)CCCCC2)C=CC=CC1(F)F. The third kappa shape index (κ3) is 4.24. The van der Waals surface area contributed by atoms with Gasteiger partial charge in [0.25, 0.3) is 5.92 Å². The number of hydrogen-bond donors (Lipinski definition) is 0. The first-order chi connectivity index (χ1) is 12.0. The van der Waals surface area contributed by atoms with E-state index >= 15 is 0 Å². The fourth-order valence-electron chi connectivity index (χ4n) is 4.43. The van der Waals surface area contributed by atoms with Crippen LogP contribution >= 0.6 is 0 Å². The molecule has 0 aromatic carbocycles. The average molecular weight is 353 g/mol. The highest BCUT2D eigenvalue weighted by Crippen LogP contribution is 2.56. The number of alkyl halides is 2. The monoisotopic (exact) mass is 352 g/mol. The molecule has 1 fully saturated rings. The third-order valence-electron chi connectivity index (χ3n) is 5.94. The average Bonchev–Trinajstić information content (AvgIpc) is 2.61. The summed E-state index contributed by atoms with van der Waals surface area (Å²) in [7, 11) is 0. The van der Waals surface area contributed by atoms with E-state index in [1.54, 1.807) is 12.2 Å². The summed E-state index contributed by atoms with van der Waals surface area (Å²) in [5.74, 6) is -2.96. The van der Waals surface area contributed by atoms with Crippen molar-refractivity contribution in [2.75, 3.05) is 6.61 Å². The number of ether oxygens (including phenoxy) is 1. The van der Waals surface area contributed by atoms with Crippen LogP contribution in [0.1, 0.15) is 77.6 Å². The lowest BCUT2D eigenvalue weighted by molar-refractivity contribution is -0.191. The van der Waals surface area contributed by atoms with Crippen LogP contribution in [0.5, 0.6) is 0 Å². The van der Waals surface area contributed by atoms with E-state index in [2.05, 4.69) is 13.5 Å². The Kier molecular flexibility index (Phi) is 7.42. The highest BCUT2D eigenvalue weighted by atomic mass is 19.3. The summed E-state index contributed by atoms with van der Waals surface area (Å²) in [5, 5.41) is 0. The van der Waals surface area contributed by atoms with Gasteiger partial charge < -0.3 is 4.74 Å². The second kappa shape index (κ2) is 9.12. The molecule has 25 heavy (non-hydrogen) atoms. The molecule has 3 heteroatoms. The van der Waals surface area contributed by atoms with Crippen LogP contribution in [0.25, 0.3) is 0 Å². The Hall–Kier alpha value is -0.960. The van der Waals surface area contributed by atoms with E-state index in [0.717, 1.165) is 38.2 Å². The van der Waals surface area contributed by atoms with Crippen molar-refractivity contribution < 1.29 is 13.5 Å². The lowest BCUT2D eigenvalue weighted by atomic mass is 9.60. The maximum atomic E-state index is 15.0. The summed E-state index contributed by atoms with van der Waals surface area (Å²) in [6, 6.07) is 0. The van der Waals surface area contributed by atoms with Crippen molar-refractivity contribution >= 4 is 0 Å². The first-order valence-electron chi connectivity index (χ1n) is 10.1. The highest BCUT2D eigenvalue weighted by molar-refractivity contribution is 5.34. The minimum Gasteiger partial charge on any atom is -0.374 e. The molecule has 1 atom stereocenters. The largest absolute Gasteiger partial charge is 0.374 e. The normalized spacial score (nSPS) is 27.3. The Morgan fingerprint density at radius 1 is 0.960 bits per heavy atom. The van der Waals surface area contributed by atoms with Gasteiger partial charge in [0.2, 0.25) is 0 Å². The maximum absolute atomic E-state index is 15.0. The Morgan fingerprint density at radius 3 is 2.24 bits per heavy atom. The van der Waals surface area contributed by atoms with Gasteiger partial charge in [-0.3, -0.25) is 0 Å². The number of allylic oxidation sites excluding steroid dienone is 3. The maximum Gasteiger partial charge on any atom is 0.281 e. The van der Waals surface area contributed by atoms with Gasteiger partial charge in [0, 0.05) is 6.61 Å². The molecule has 0 aromatic heterocycles. The summed E-state index contributed by atoms with van der Waals surface area (Å²) >= 11 is 0. The summed E-state index contributed by atoms with van der Waals surface area (Å²) in [4.78, 5) is 0. The molecule has 0 aromatic rings. The lowest BCUT2D eigenvalue weighted by Gasteiger charge is -2.52. The van der Waals surface area contributed by atoms with Crippen LogP contribution in [0.4, 0.5) is 8.78 Å². The van der Waals surface area contributed by atoms with Gasteiger partial charge in [0.15, 0.2) is 0 Å². The van der Waals surface area contributed by atoms with Gasteiger partial charge in [-0.1, -0.05) is 82.6 Å². The second-order valence-electron chi connectivity index (χ2n) is 7.59. The number of hydrogen-bond acceptors (Lipinski definition) is 1. The van der Waals surface area contributed by atoms with E-state index in [0.29, 0.717) is 19.4 Å². The predicted molar refractivity (Wildman–Crippen MR) is 101 cm³/mol. The highest BCUT2D eigenvalue weighted by Gasteiger charge is 2.62. The molecule has 0 aliphatic heterocycles. The van der Waals surface area contributed by atoms with E-state index in [-0.39, 0.29) is 0 Å². The van der Waals surface area contributed by atoms with Crippen molar-refractivity contribution in [1.82, 2.24) is 0 Å². The zero-order valence-electron chi connectivity index (χ0n) is 15.7. The quantitative estimate of drug-likeness (QED) is 0.304. The molecule has 2 rings (SSSR count). The number of unbranched alkanes of at least 4 members (excludes halogenated alkanes) is 5. The van der Waals surface area contributed by atoms with Gasteiger partial charge >= 0.3 is 0 Å². The summed E-state index contributed by atoms with van der Waals surface area (Å²) < 4.78 is 36.3. The van der Waals surface area contributed by atoms with Crippen molar-refractivity contribution in [3.8, 4) is 0 Å². The first-order valence-corrected chi connectivity index (χ1v) is 10.1. The van der Waals surface area contributed by atoms with Crippen molar-refractivity contribution in [3.05, 3.63) is 37.0 Å². The van der Waals surface area contributed by atoms with Gasteiger partial charge in [-0.05, 0) is 25.3 Å². The molecule has 2 aliphatic carbocycles. The van der Waals surface area contributed by atoms with E-state index in [4.69, 9.17) is 4.74 Å². The predicted octanol–water partition coefficient (Wildman–Crippen LogP) is 7.00. The zero-order chi connectivity index (χ0) is 18.2. The molecule has 2 aliphatic rings. The van der Waals surface area contributed by atoms with Gasteiger partial charge in [0.1, 0.15) is 5.41 Å². The standard InChI is InChI=1S/C22H34F2O/c1-3-5-6-7-8-14-19-25-21(16-10-9-11-17-21)20(4-2)15-12-13-18-22(20,23)24/h4,12-13,15,18H,2-3,5-11,14,16-17,19H2,1H3. The number of rotatable bonds is 10. The van der Waals surface area contributed by atoms with E-state index in [1.807, 2.05) is 0 Å². The molecular weight excluding hydrogens is 318 g/mol. The molecule has 0 bridgehead atoms. The zero-order valence-corrected chi connectivity index (χ0v) is 15.7. The summed E-state index contributed by atoms with van der Waals surface area (Å²) in [5.41, 5.74) is -2.27. The van der Waals surface area contributed by atoms with E-state index < -0.39 is 16.9 Å². The van der Waals surface area contributed by atoms with Crippen LogP contribution in [-0.4, -0.2) is 18.1 Å². The van der Waals surface area contributed by atoms with Crippen molar-refractivity contribution in [3.63, 3.8) is 0 Å². The second-order valence-corrected chi connectivity index (χ2v) is 7.59. The Morgan fingerprint density at radius 2 is 1.60 bits per heavy atom. The van der Waals surface area contributed by atoms with Gasteiger partial charge in [0.05, 0.1) is 5.60 Å². The molecule has 1 unspecified atom stereocenters. The molecule has 0 heterocycles. The van der Waals surface area contributed by atoms with E-state index in [1.165, 1.54) is 37.8 Å². The minimum atomic E-state index is -2.96.